The molecule has 2 aromatic rings. The summed E-state index contributed by atoms with van der Waals surface area (Å²) in [7, 11) is 0. The number of nitrogens with zero attached hydrogens (tertiary/aromatic N) is 2. The van der Waals surface area contributed by atoms with Gasteiger partial charge in [0.15, 0.2) is 11.4 Å². The number of fused-ring (bicyclic) bond motifs is 2. The molecule has 4 heterocycles. The molecule has 1 aromatic heterocycles. The fourth-order valence-electron chi connectivity index (χ4n) is 4.71. The predicted molar refractivity (Wildman–Crippen MR) is 106 cm³/mol. The quantitative estimate of drug-likeness (QED) is 0.659. The summed E-state index contributed by atoms with van der Waals surface area (Å²) in [4.78, 5) is 28.2. The predicted octanol–water partition coefficient (Wildman–Crippen LogP) is 3.14. The van der Waals surface area contributed by atoms with E-state index in [1.807, 2.05) is 35.2 Å². The fraction of sp³-hybridized carbons (Fsp3) is 0.400. The van der Waals surface area contributed by atoms with Crippen LogP contribution < -0.4 is 10.2 Å². The van der Waals surface area contributed by atoms with Crippen LogP contribution in [0.25, 0.3) is 0 Å². The van der Waals surface area contributed by atoms with Crippen LogP contribution in [0.2, 0.25) is 0 Å². The monoisotopic (exact) mass is 462 g/mol. The molecule has 1 fully saturated rings. The van der Waals surface area contributed by atoms with Gasteiger partial charge in [0.25, 0.3) is 5.91 Å². The Hall–Kier alpha value is -1.83. The summed E-state index contributed by atoms with van der Waals surface area (Å²) < 4.78 is 8.81. The lowest BCUT2D eigenvalue weighted by atomic mass is 10.0. The summed E-state index contributed by atoms with van der Waals surface area (Å²) in [6.45, 7) is 1.08. The number of carbonyl (C=O) groups excluding carboxylic acids is 1. The fourth-order valence-corrected chi connectivity index (χ4v) is 5.48. The van der Waals surface area contributed by atoms with Crippen LogP contribution in [0, 0.1) is 3.57 Å². The van der Waals surface area contributed by atoms with Crippen molar-refractivity contribution >= 4 is 28.5 Å². The summed E-state index contributed by atoms with van der Waals surface area (Å²) in [6.07, 6.45) is 3.96. The van der Waals surface area contributed by atoms with E-state index in [1.165, 1.54) is 0 Å². The first-order valence-electron chi connectivity index (χ1n) is 9.11. The van der Waals surface area contributed by atoms with Crippen molar-refractivity contribution in [2.75, 3.05) is 6.54 Å². The van der Waals surface area contributed by atoms with E-state index >= 15 is 0 Å². The molecule has 5 rings (SSSR count). The molecule has 0 saturated carbocycles. The number of carbonyl (C=O) groups is 1. The first-order chi connectivity index (χ1) is 12.7. The third kappa shape index (κ3) is 2.27. The number of rotatable bonds is 3. The highest BCUT2D eigenvalue weighted by Crippen LogP contribution is 2.44. The average Bonchev–Trinajstić information content (AvgIpc) is 3.30. The number of ether oxygens (including phenoxy) is 1. The van der Waals surface area contributed by atoms with Crippen molar-refractivity contribution in [3.8, 4) is 5.75 Å². The van der Waals surface area contributed by atoms with Crippen LogP contribution in [0.4, 0.5) is 0 Å². The number of benzene rings is 1. The summed E-state index contributed by atoms with van der Waals surface area (Å²) in [6, 6.07) is 10.3. The minimum absolute atomic E-state index is 0.0385. The van der Waals surface area contributed by atoms with Crippen LogP contribution in [0.1, 0.15) is 47.1 Å². The Morgan fingerprint density at radius 1 is 1.12 bits per heavy atom. The van der Waals surface area contributed by atoms with E-state index in [2.05, 4.69) is 27.2 Å². The molecule has 2 unspecified atom stereocenters. The first kappa shape index (κ1) is 16.4. The Labute approximate surface area is 165 Å². The van der Waals surface area contributed by atoms with Gasteiger partial charge in [0.1, 0.15) is 6.61 Å². The van der Waals surface area contributed by atoms with E-state index in [0.717, 1.165) is 43.5 Å². The lowest BCUT2D eigenvalue weighted by Gasteiger charge is -2.38. The van der Waals surface area contributed by atoms with Gasteiger partial charge >= 0.3 is 0 Å². The van der Waals surface area contributed by atoms with Gasteiger partial charge in [0.2, 0.25) is 5.43 Å². The molecule has 0 radical (unpaired) electrons. The number of aromatic nitrogens is 1. The highest BCUT2D eigenvalue weighted by Gasteiger charge is 2.47. The second-order valence-electron chi connectivity index (χ2n) is 7.23. The van der Waals surface area contributed by atoms with Gasteiger partial charge in [-0.2, -0.15) is 0 Å². The van der Waals surface area contributed by atoms with E-state index in [1.54, 1.807) is 0 Å². The first-order valence-corrected chi connectivity index (χ1v) is 10.2. The number of halogens is 1. The van der Waals surface area contributed by atoms with Crippen LogP contribution in [0.5, 0.6) is 5.75 Å². The highest BCUT2D eigenvalue weighted by atomic mass is 127. The third-order valence-electron chi connectivity index (χ3n) is 5.85. The Kier molecular flexibility index (Phi) is 3.84. The van der Waals surface area contributed by atoms with Crippen molar-refractivity contribution in [2.45, 2.75) is 44.4 Å². The van der Waals surface area contributed by atoms with E-state index in [4.69, 9.17) is 4.74 Å². The van der Waals surface area contributed by atoms with Gasteiger partial charge in [-0.25, -0.2) is 0 Å². The van der Waals surface area contributed by atoms with Crippen molar-refractivity contribution in [3.05, 3.63) is 61.1 Å². The molecular weight excluding hydrogens is 443 g/mol. The highest BCUT2D eigenvalue weighted by molar-refractivity contribution is 14.1. The van der Waals surface area contributed by atoms with Crippen molar-refractivity contribution in [3.63, 3.8) is 0 Å². The molecule has 1 aromatic carbocycles. The molecule has 2 atom stereocenters. The summed E-state index contributed by atoms with van der Waals surface area (Å²) >= 11 is 2.13. The van der Waals surface area contributed by atoms with E-state index in [-0.39, 0.29) is 29.2 Å². The van der Waals surface area contributed by atoms with Gasteiger partial charge in [-0.05, 0) is 53.8 Å². The maximum absolute atomic E-state index is 13.2. The second-order valence-corrected chi connectivity index (χ2v) is 8.30. The van der Waals surface area contributed by atoms with Crippen LogP contribution in [-0.2, 0) is 13.0 Å². The topological polar surface area (TPSA) is 51.5 Å². The van der Waals surface area contributed by atoms with Crippen molar-refractivity contribution in [1.82, 2.24) is 9.47 Å². The Bertz CT molecular complexity index is 954. The molecule has 0 aliphatic carbocycles. The molecule has 0 bridgehead atoms. The zero-order valence-electron chi connectivity index (χ0n) is 14.3. The molecule has 26 heavy (non-hydrogen) atoms. The number of hydrogen-bond acceptors (Lipinski definition) is 3. The zero-order valence-corrected chi connectivity index (χ0v) is 16.4. The molecule has 1 amide bonds. The van der Waals surface area contributed by atoms with Gasteiger partial charge < -0.3 is 14.2 Å². The van der Waals surface area contributed by atoms with Gasteiger partial charge in [0.05, 0.1) is 15.7 Å². The normalized spacial score (nSPS) is 23.1. The Morgan fingerprint density at radius 2 is 1.92 bits per heavy atom. The summed E-state index contributed by atoms with van der Waals surface area (Å²) in [5, 5.41) is 0. The number of hydrogen-bond donors (Lipinski definition) is 0. The largest absolute Gasteiger partial charge is 0.483 e. The molecular formula is C20H19IN2O3. The third-order valence-corrected chi connectivity index (χ3v) is 6.96. The molecule has 0 spiro atoms. The van der Waals surface area contributed by atoms with Gasteiger partial charge in [0, 0.05) is 12.2 Å². The van der Waals surface area contributed by atoms with Crippen molar-refractivity contribution in [2.24, 2.45) is 0 Å². The minimum atomic E-state index is -0.144. The van der Waals surface area contributed by atoms with Crippen molar-refractivity contribution < 1.29 is 9.53 Å². The Balaban J connectivity index is 1.64. The standard InChI is InChI=1S/C20H19IN2O3/c21-16-15-9-8-14-13-7-4-10-22(13)20(25)17(23(14)15)19(18(16)24)26-11-12-5-2-1-3-6-12/h1-3,5-6,13-14H,4,7-11H2. The molecule has 5 nitrogen and oxygen atoms in total. The van der Waals surface area contributed by atoms with Gasteiger partial charge in [-0.1, -0.05) is 30.3 Å². The van der Waals surface area contributed by atoms with Crippen LogP contribution >= 0.6 is 22.6 Å². The Morgan fingerprint density at radius 3 is 2.73 bits per heavy atom. The molecule has 134 valence electrons. The van der Waals surface area contributed by atoms with Crippen LogP contribution in [-0.4, -0.2) is 28.0 Å². The molecule has 0 N–H and O–H groups in total. The average molecular weight is 462 g/mol. The van der Waals surface area contributed by atoms with Crippen LogP contribution in [0.3, 0.4) is 0 Å². The SMILES string of the molecule is O=C1c2c(OCc3ccccc3)c(=O)c(I)c3n2C(CC3)C2CCCN12. The second kappa shape index (κ2) is 6.11. The number of pyridine rings is 1. The van der Waals surface area contributed by atoms with E-state index in [9.17, 15) is 9.59 Å². The van der Waals surface area contributed by atoms with E-state index in [0.29, 0.717) is 15.9 Å². The lowest BCUT2D eigenvalue weighted by Crippen LogP contribution is -2.47. The molecule has 6 heteroatoms. The van der Waals surface area contributed by atoms with Gasteiger partial charge in [-0.15, -0.1) is 0 Å². The molecule has 3 aliphatic rings. The summed E-state index contributed by atoms with van der Waals surface area (Å²) in [5.41, 5.74) is 2.33. The van der Waals surface area contributed by atoms with E-state index < -0.39 is 0 Å². The van der Waals surface area contributed by atoms with Crippen molar-refractivity contribution in [1.29, 1.82) is 0 Å². The summed E-state index contributed by atoms with van der Waals surface area (Å²) in [5.74, 6) is 0.188. The maximum Gasteiger partial charge on any atom is 0.274 e. The number of amides is 1. The van der Waals surface area contributed by atoms with Gasteiger partial charge in [-0.3, -0.25) is 9.59 Å². The minimum Gasteiger partial charge on any atom is -0.483 e. The smallest absolute Gasteiger partial charge is 0.274 e. The van der Waals surface area contributed by atoms with Crippen LogP contribution in [0.15, 0.2) is 35.1 Å². The zero-order chi connectivity index (χ0) is 17.8. The lowest BCUT2D eigenvalue weighted by molar-refractivity contribution is 0.0609. The molecule has 3 aliphatic heterocycles. The molecule has 1 saturated heterocycles. The maximum atomic E-state index is 13.2.